The summed E-state index contributed by atoms with van der Waals surface area (Å²) in [5.74, 6) is 0.456. The normalized spacial score (nSPS) is 16.9. The number of nitrogens with zero attached hydrogens (tertiary/aromatic N) is 8. The van der Waals surface area contributed by atoms with Crippen LogP contribution in [0.2, 0.25) is 0 Å². The van der Waals surface area contributed by atoms with E-state index >= 15 is 9.59 Å². The van der Waals surface area contributed by atoms with Crippen molar-refractivity contribution in [2.24, 2.45) is 14.1 Å². The number of hydrogen-bond acceptors (Lipinski definition) is 9. The topological polar surface area (TPSA) is 140 Å². The van der Waals surface area contributed by atoms with Gasteiger partial charge in [-0.05, 0) is 148 Å². The zero-order valence-electron chi connectivity index (χ0n) is 42.8. The molecule has 1 N–H and O–H groups in total. The van der Waals surface area contributed by atoms with E-state index in [1.807, 2.05) is 72.8 Å². The van der Waals surface area contributed by atoms with Crippen molar-refractivity contribution in [3.05, 3.63) is 153 Å². The molecule has 14 nitrogen and oxygen atoms in total. The number of nitriles is 1. The molecule has 14 heteroatoms. The van der Waals surface area contributed by atoms with Crippen molar-refractivity contribution in [3.63, 3.8) is 0 Å². The van der Waals surface area contributed by atoms with Crippen LogP contribution in [0.4, 0.5) is 11.4 Å². The van der Waals surface area contributed by atoms with Crippen LogP contribution < -0.4 is 9.64 Å². The van der Waals surface area contributed by atoms with Gasteiger partial charge in [0, 0.05) is 86.8 Å². The zero-order valence-corrected chi connectivity index (χ0v) is 42.8. The van der Waals surface area contributed by atoms with E-state index < -0.39 is 0 Å². The largest absolute Gasteiger partial charge is 0.508 e. The number of phenolic OH excluding ortho intramolecular Hbond substituents is 1. The first-order chi connectivity index (χ1) is 35.3. The number of aromatic nitrogens is 2. The van der Waals surface area contributed by atoms with Crippen molar-refractivity contribution in [2.45, 2.75) is 77.5 Å². The molecule has 0 spiro atoms. The number of rotatable bonds is 14. The first-order valence-electron chi connectivity index (χ1n) is 25.7. The number of carbonyl (C=O) groups is 3. The van der Waals surface area contributed by atoms with Gasteiger partial charge in [0.2, 0.25) is 5.91 Å². The second-order valence-electron chi connectivity index (χ2n) is 20.4. The lowest BCUT2D eigenvalue weighted by atomic mass is 9.89. The Kier molecular flexibility index (Phi) is 14.3. The first-order valence-corrected chi connectivity index (χ1v) is 25.7. The van der Waals surface area contributed by atoms with Gasteiger partial charge in [-0.3, -0.25) is 24.2 Å². The fourth-order valence-corrected chi connectivity index (χ4v) is 11.0. The molecule has 2 aromatic heterocycles. The number of phenols is 1. The fraction of sp³-hybridized carbons (Fsp3) is 0.390. The minimum Gasteiger partial charge on any atom is -0.508 e. The third-order valence-electron chi connectivity index (χ3n) is 15.9. The number of piperidine rings is 1. The van der Waals surface area contributed by atoms with Crippen LogP contribution in [0.5, 0.6) is 11.5 Å². The number of amides is 3. The maximum atomic E-state index is 15.8. The quantitative estimate of drug-likeness (QED) is 0.115. The highest BCUT2D eigenvalue weighted by Gasteiger charge is 2.36. The van der Waals surface area contributed by atoms with Gasteiger partial charge in [0.15, 0.2) is 0 Å². The SMILES string of the molecule is Cc1c(N(C(=O)c2cc(-c3cc4c(cc3C(=O)N3Cc5ccccc5C[C@H]3CN3CCCCC3)CN(C(=O)Cc3ccc(OCCN(C)C5COC5)cc3)CC4)n(C)c2C)c2ccc(O)cc2)cc(C#N)n1C. The molecule has 0 radical (unpaired) electrons. The number of hydrogen-bond donors (Lipinski definition) is 1. The van der Waals surface area contributed by atoms with E-state index in [-0.39, 0.29) is 35.9 Å². The molecule has 73 heavy (non-hydrogen) atoms. The van der Waals surface area contributed by atoms with Gasteiger partial charge in [0.1, 0.15) is 29.9 Å². The van der Waals surface area contributed by atoms with E-state index in [4.69, 9.17) is 9.47 Å². The molecule has 3 amide bonds. The molecule has 1 atom stereocenters. The molecule has 4 aliphatic heterocycles. The molecule has 378 valence electrons. The molecule has 6 aromatic rings. The predicted octanol–water partition coefficient (Wildman–Crippen LogP) is 8.09. The molecule has 0 saturated carbocycles. The minimum absolute atomic E-state index is 0.0183. The summed E-state index contributed by atoms with van der Waals surface area (Å²) < 4.78 is 15.1. The summed E-state index contributed by atoms with van der Waals surface area (Å²) in [6.45, 7) is 10.9. The predicted molar refractivity (Wildman–Crippen MR) is 281 cm³/mol. The Bertz CT molecular complexity index is 3070. The van der Waals surface area contributed by atoms with E-state index in [1.54, 1.807) is 46.8 Å². The van der Waals surface area contributed by atoms with Crippen molar-refractivity contribution < 1.29 is 29.0 Å². The average Bonchev–Trinajstić information content (AvgIpc) is 3.84. The molecule has 2 fully saturated rings. The molecular weight excluding hydrogens is 917 g/mol. The summed E-state index contributed by atoms with van der Waals surface area (Å²) in [6.07, 6.45) is 5.12. The van der Waals surface area contributed by atoms with Crippen molar-refractivity contribution in [1.82, 2.24) is 28.7 Å². The Balaban J connectivity index is 0.986. The number of ether oxygens (including phenoxy) is 2. The Hall–Kier alpha value is -7.18. The number of aromatic hydroxyl groups is 1. The lowest BCUT2D eigenvalue weighted by molar-refractivity contribution is -0.131. The maximum Gasteiger partial charge on any atom is 0.264 e. The molecule has 0 bridgehead atoms. The van der Waals surface area contributed by atoms with Gasteiger partial charge < -0.3 is 38.4 Å². The van der Waals surface area contributed by atoms with Gasteiger partial charge in [0.05, 0.1) is 36.9 Å². The van der Waals surface area contributed by atoms with Crippen LogP contribution in [-0.4, -0.2) is 123 Å². The number of benzene rings is 4. The number of likely N-dealkylation sites (tertiary alicyclic amines) is 1. The van der Waals surface area contributed by atoms with E-state index in [1.165, 1.54) is 12.0 Å². The lowest BCUT2D eigenvalue weighted by Gasteiger charge is -2.41. The molecule has 2 saturated heterocycles. The van der Waals surface area contributed by atoms with Crippen LogP contribution in [0.25, 0.3) is 11.3 Å². The summed E-state index contributed by atoms with van der Waals surface area (Å²) in [5, 5.41) is 20.3. The van der Waals surface area contributed by atoms with Crippen LogP contribution in [-0.2, 0) is 56.0 Å². The summed E-state index contributed by atoms with van der Waals surface area (Å²) in [5.41, 5.74) is 10.6. The highest BCUT2D eigenvalue weighted by Crippen LogP contribution is 2.39. The van der Waals surface area contributed by atoms with Gasteiger partial charge in [-0.15, -0.1) is 0 Å². The molecule has 4 aliphatic rings. The molecule has 0 unspecified atom stereocenters. The molecular formula is C59H66N8O6. The van der Waals surface area contributed by atoms with Crippen LogP contribution >= 0.6 is 0 Å². The lowest BCUT2D eigenvalue weighted by Crippen LogP contribution is -2.51. The molecule has 0 aliphatic carbocycles. The standard InChI is InChI=1S/C59H66N8O6/c1-39-52(59(71)67(46-15-17-50(68)18-16-46)55-31-47(33-60)62(4)40(55)2)32-56(63(39)5)53-29-43-21-24-65(57(69)27-41-13-19-51(20-14-41)73-26-25-61(3)49-37-72-38-49)34-45(43)30-54(53)58(70)66-35-44-12-8-7-11-42(44)28-48(66)36-64-22-9-6-10-23-64/h7-8,11-20,29-32,48-49,68H,6,9-10,21-28,34-38H2,1-5H3/t48-/m0/s1. The van der Waals surface area contributed by atoms with Gasteiger partial charge in [-0.25, -0.2) is 0 Å². The molecule has 6 heterocycles. The Morgan fingerprint density at radius 1 is 0.808 bits per heavy atom. The van der Waals surface area contributed by atoms with Crippen LogP contribution in [0.1, 0.15) is 84.9 Å². The average molecular weight is 983 g/mol. The molecule has 4 aromatic carbocycles. The Morgan fingerprint density at radius 3 is 2.25 bits per heavy atom. The summed E-state index contributed by atoms with van der Waals surface area (Å²) in [4.78, 5) is 55.5. The summed E-state index contributed by atoms with van der Waals surface area (Å²) in [6, 6.07) is 33.1. The highest BCUT2D eigenvalue weighted by molar-refractivity contribution is 6.13. The third-order valence-corrected chi connectivity index (χ3v) is 15.9. The minimum atomic E-state index is -0.317. The van der Waals surface area contributed by atoms with Gasteiger partial charge in [0.25, 0.3) is 11.8 Å². The monoisotopic (exact) mass is 983 g/mol. The number of likely N-dealkylation sites (N-methyl/N-ethyl adjacent to an activating group) is 1. The second-order valence-corrected chi connectivity index (χ2v) is 20.4. The van der Waals surface area contributed by atoms with E-state index in [0.29, 0.717) is 72.6 Å². The smallest absolute Gasteiger partial charge is 0.264 e. The van der Waals surface area contributed by atoms with Crippen molar-refractivity contribution in [2.75, 3.05) is 64.5 Å². The van der Waals surface area contributed by atoms with Crippen LogP contribution in [0.15, 0.2) is 97.1 Å². The van der Waals surface area contributed by atoms with Gasteiger partial charge in [-0.1, -0.05) is 42.8 Å². The Labute approximate surface area is 428 Å². The van der Waals surface area contributed by atoms with Crippen molar-refractivity contribution in [1.29, 1.82) is 5.26 Å². The third kappa shape index (κ3) is 10.1. The zero-order chi connectivity index (χ0) is 50.9. The van der Waals surface area contributed by atoms with Crippen LogP contribution in [0, 0.1) is 25.2 Å². The molecule has 10 rings (SSSR count). The van der Waals surface area contributed by atoms with Gasteiger partial charge >= 0.3 is 0 Å². The summed E-state index contributed by atoms with van der Waals surface area (Å²) in [7, 11) is 5.82. The Morgan fingerprint density at radius 2 is 1.55 bits per heavy atom. The second kappa shape index (κ2) is 21.1. The van der Waals surface area contributed by atoms with Crippen LogP contribution in [0.3, 0.4) is 0 Å². The van der Waals surface area contributed by atoms with E-state index in [9.17, 15) is 15.2 Å². The van der Waals surface area contributed by atoms with Crippen molar-refractivity contribution in [3.8, 4) is 28.8 Å². The van der Waals surface area contributed by atoms with Gasteiger partial charge in [-0.2, -0.15) is 5.26 Å². The highest BCUT2D eigenvalue weighted by atomic mass is 16.5. The first kappa shape index (κ1) is 49.4. The van der Waals surface area contributed by atoms with E-state index in [0.717, 1.165) is 104 Å². The summed E-state index contributed by atoms with van der Waals surface area (Å²) >= 11 is 0. The van der Waals surface area contributed by atoms with Crippen molar-refractivity contribution >= 4 is 29.1 Å². The maximum absolute atomic E-state index is 15.8. The number of carbonyl (C=O) groups excluding carboxylic acids is 3. The number of fused-ring (bicyclic) bond motifs is 2. The van der Waals surface area contributed by atoms with E-state index in [2.05, 4.69) is 52.1 Å². The number of anilines is 2. The fourth-order valence-electron chi connectivity index (χ4n) is 11.0.